The van der Waals surface area contributed by atoms with Crippen LogP contribution in [0, 0.1) is 5.41 Å². The Hall–Kier alpha value is -1.68. The predicted octanol–water partition coefficient (Wildman–Crippen LogP) is 3.37. The molecule has 0 aliphatic carbocycles. The molecule has 2 heterocycles. The van der Waals surface area contributed by atoms with Gasteiger partial charge in [0.2, 0.25) is 5.91 Å². The predicted molar refractivity (Wildman–Crippen MR) is 99.6 cm³/mol. The molecule has 0 aromatic heterocycles. The molecular weight excluding hydrogens is 312 g/mol. The van der Waals surface area contributed by atoms with Crippen molar-refractivity contribution in [1.82, 2.24) is 9.80 Å². The van der Waals surface area contributed by atoms with E-state index < -0.39 is 0 Å². The number of ketones is 1. The van der Waals surface area contributed by atoms with Crippen LogP contribution in [0.2, 0.25) is 0 Å². The summed E-state index contributed by atoms with van der Waals surface area (Å²) in [4.78, 5) is 28.8. The molecule has 1 unspecified atom stereocenters. The minimum Gasteiger partial charge on any atom is -0.342 e. The molecule has 2 fully saturated rings. The summed E-state index contributed by atoms with van der Waals surface area (Å²) in [6.45, 7) is 7.01. The van der Waals surface area contributed by atoms with Crippen LogP contribution in [0.5, 0.6) is 0 Å². The van der Waals surface area contributed by atoms with Gasteiger partial charge < -0.3 is 9.80 Å². The lowest BCUT2D eigenvalue weighted by Crippen LogP contribution is -2.54. The molecule has 1 aromatic rings. The largest absolute Gasteiger partial charge is 0.342 e. The third kappa shape index (κ3) is 4.49. The fourth-order valence-corrected chi connectivity index (χ4v) is 4.46. The summed E-state index contributed by atoms with van der Waals surface area (Å²) >= 11 is 0. The molecule has 1 atom stereocenters. The van der Waals surface area contributed by atoms with E-state index in [-0.39, 0.29) is 11.2 Å². The molecule has 25 heavy (non-hydrogen) atoms. The van der Waals surface area contributed by atoms with E-state index >= 15 is 0 Å². The Morgan fingerprint density at radius 1 is 1.16 bits per heavy atom. The molecule has 1 aromatic carbocycles. The molecule has 2 aliphatic rings. The number of hydrogen-bond donors (Lipinski definition) is 0. The first kappa shape index (κ1) is 18.1. The summed E-state index contributed by atoms with van der Waals surface area (Å²) in [5, 5.41) is 0. The fraction of sp³-hybridized carbons (Fsp3) is 0.619. The van der Waals surface area contributed by atoms with Crippen molar-refractivity contribution < 1.29 is 9.59 Å². The molecule has 1 spiro atoms. The smallest absolute Gasteiger partial charge is 0.222 e. The topological polar surface area (TPSA) is 40.6 Å². The first-order valence-corrected chi connectivity index (χ1v) is 9.70. The molecule has 1 amide bonds. The van der Waals surface area contributed by atoms with Crippen LogP contribution in [0.25, 0.3) is 0 Å². The number of piperidine rings is 2. The van der Waals surface area contributed by atoms with Gasteiger partial charge in [0, 0.05) is 43.5 Å². The van der Waals surface area contributed by atoms with Crippen LogP contribution in [0.3, 0.4) is 0 Å². The number of benzene rings is 1. The van der Waals surface area contributed by atoms with Crippen LogP contribution < -0.4 is 0 Å². The second-order valence-electron chi connectivity index (χ2n) is 7.68. The second-order valence-corrected chi connectivity index (χ2v) is 7.68. The quantitative estimate of drug-likeness (QED) is 0.744. The number of likely N-dealkylation sites (tertiary alicyclic amines) is 2. The number of Topliss-reactive ketones (excluding diaryl/α,β-unsaturated/α-hetero) is 1. The van der Waals surface area contributed by atoms with Crippen molar-refractivity contribution in [3.63, 3.8) is 0 Å². The van der Waals surface area contributed by atoms with Gasteiger partial charge in [-0.05, 0) is 45.7 Å². The van der Waals surface area contributed by atoms with Crippen LogP contribution >= 0.6 is 0 Å². The van der Waals surface area contributed by atoms with Gasteiger partial charge in [0.05, 0.1) is 0 Å². The average molecular weight is 342 g/mol. The molecule has 136 valence electrons. The highest BCUT2D eigenvalue weighted by molar-refractivity contribution is 5.95. The lowest BCUT2D eigenvalue weighted by molar-refractivity contribution is -0.139. The van der Waals surface area contributed by atoms with Crippen molar-refractivity contribution in [2.75, 3.05) is 32.7 Å². The van der Waals surface area contributed by atoms with Gasteiger partial charge in [-0.25, -0.2) is 0 Å². The number of hydrogen-bond acceptors (Lipinski definition) is 3. The van der Waals surface area contributed by atoms with Gasteiger partial charge in [0.15, 0.2) is 5.78 Å². The van der Waals surface area contributed by atoms with Crippen molar-refractivity contribution in [2.45, 2.75) is 45.4 Å². The lowest BCUT2D eigenvalue weighted by atomic mass is 9.73. The average Bonchev–Trinajstić information content (AvgIpc) is 2.65. The minimum absolute atomic E-state index is 0.243. The molecule has 2 aliphatic heterocycles. The van der Waals surface area contributed by atoms with Crippen LogP contribution in [0.4, 0.5) is 0 Å². The molecule has 4 heteroatoms. The Kier molecular flexibility index (Phi) is 5.89. The van der Waals surface area contributed by atoms with Crippen molar-refractivity contribution in [3.05, 3.63) is 35.9 Å². The Labute approximate surface area is 151 Å². The Morgan fingerprint density at radius 2 is 1.96 bits per heavy atom. The number of nitrogens with zero attached hydrogens (tertiary/aromatic N) is 2. The molecule has 2 saturated heterocycles. The van der Waals surface area contributed by atoms with Crippen LogP contribution in [0.1, 0.15) is 55.8 Å². The maximum absolute atomic E-state index is 12.2. The lowest BCUT2D eigenvalue weighted by Gasteiger charge is -2.48. The van der Waals surface area contributed by atoms with Gasteiger partial charge >= 0.3 is 0 Å². The SMILES string of the molecule is CCN1CC2(CCCN(CCCC(=O)c3ccccc3)C2)CCC1=O. The van der Waals surface area contributed by atoms with Crippen LogP contribution in [-0.4, -0.2) is 54.2 Å². The van der Waals surface area contributed by atoms with Gasteiger partial charge in [-0.1, -0.05) is 30.3 Å². The first-order chi connectivity index (χ1) is 12.1. The van der Waals surface area contributed by atoms with Gasteiger partial charge in [0.1, 0.15) is 0 Å². The van der Waals surface area contributed by atoms with E-state index in [0.29, 0.717) is 18.7 Å². The number of rotatable bonds is 6. The van der Waals surface area contributed by atoms with E-state index in [9.17, 15) is 9.59 Å². The Morgan fingerprint density at radius 3 is 2.72 bits per heavy atom. The fourth-order valence-electron chi connectivity index (χ4n) is 4.46. The van der Waals surface area contributed by atoms with Crippen LogP contribution in [0.15, 0.2) is 30.3 Å². The minimum atomic E-state index is 0.243. The zero-order valence-corrected chi connectivity index (χ0v) is 15.4. The van der Waals surface area contributed by atoms with Gasteiger partial charge in [0.25, 0.3) is 0 Å². The van der Waals surface area contributed by atoms with Crippen molar-refractivity contribution in [1.29, 1.82) is 0 Å². The van der Waals surface area contributed by atoms with E-state index in [0.717, 1.165) is 51.1 Å². The summed E-state index contributed by atoms with van der Waals surface area (Å²) in [6.07, 6.45) is 5.71. The summed E-state index contributed by atoms with van der Waals surface area (Å²) in [5.74, 6) is 0.562. The van der Waals surface area contributed by atoms with E-state index in [1.54, 1.807) is 0 Å². The summed E-state index contributed by atoms with van der Waals surface area (Å²) < 4.78 is 0. The standard InChI is InChI=1S/C21H30N2O2/c1-2-23-17-21(13-11-20(23)25)12-7-15-22(16-21)14-6-10-19(24)18-8-4-3-5-9-18/h3-5,8-9H,2,6-7,10-17H2,1H3. The van der Waals surface area contributed by atoms with E-state index in [2.05, 4.69) is 11.8 Å². The molecular formula is C21H30N2O2. The molecule has 0 radical (unpaired) electrons. The molecule has 0 N–H and O–H groups in total. The molecule has 3 rings (SSSR count). The van der Waals surface area contributed by atoms with Gasteiger partial charge in [-0.2, -0.15) is 0 Å². The number of amides is 1. The third-order valence-electron chi connectivity index (χ3n) is 5.84. The Balaban J connectivity index is 1.49. The van der Waals surface area contributed by atoms with Gasteiger partial charge in [-0.15, -0.1) is 0 Å². The van der Waals surface area contributed by atoms with E-state index in [4.69, 9.17) is 0 Å². The summed E-state index contributed by atoms with van der Waals surface area (Å²) in [5.41, 5.74) is 1.10. The highest BCUT2D eigenvalue weighted by Gasteiger charge is 2.40. The van der Waals surface area contributed by atoms with Gasteiger partial charge in [-0.3, -0.25) is 9.59 Å². The Bertz CT molecular complexity index is 601. The normalized spacial score (nSPS) is 24.7. The summed E-state index contributed by atoms with van der Waals surface area (Å²) in [6, 6.07) is 9.59. The van der Waals surface area contributed by atoms with E-state index in [1.807, 2.05) is 35.2 Å². The molecule has 0 bridgehead atoms. The number of carbonyl (C=O) groups is 2. The first-order valence-electron chi connectivity index (χ1n) is 9.70. The molecule has 4 nitrogen and oxygen atoms in total. The van der Waals surface area contributed by atoms with Crippen LogP contribution in [-0.2, 0) is 4.79 Å². The maximum Gasteiger partial charge on any atom is 0.222 e. The monoisotopic (exact) mass is 342 g/mol. The van der Waals surface area contributed by atoms with Crippen molar-refractivity contribution >= 4 is 11.7 Å². The third-order valence-corrected chi connectivity index (χ3v) is 5.84. The van der Waals surface area contributed by atoms with Crippen molar-refractivity contribution in [3.8, 4) is 0 Å². The summed E-state index contributed by atoms with van der Waals surface area (Å²) in [7, 11) is 0. The highest BCUT2D eigenvalue weighted by Crippen LogP contribution is 2.38. The highest BCUT2D eigenvalue weighted by atomic mass is 16.2. The second kappa shape index (κ2) is 8.13. The number of carbonyl (C=O) groups excluding carboxylic acids is 2. The zero-order valence-electron chi connectivity index (χ0n) is 15.4. The van der Waals surface area contributed by atoms with E-state index in [1.165, 1.54) is 12.8 Å². The maximum atomic E-state index is 12.2. The zero-order chi connectivity index (χ0) is 17.7. The molecule has 0 saturated carbocycles. The van der Waals surface area contributed by atoms with Crippen molar-refractivity contribution in [2.24, 2.45) is 5.41 Å².